The number of benzene rings is 2. The van der Waals surface area contributed by atoms with E-state index in [1.165, 1.54) is 17.0 Å². The molecule has 1 fully saturated rings. The van der Waals surface area contributed by atoms with Crippen molar-refractivity contribution in [3.05, 3.63) is 65.5 Å². The molecule has 2 N–H and O–H groups in total. The molecule has 0 bridgehead atoms. The highest BCUT2D eigenvalue weighted by molar-refractivity contribution is 5.99. The van der Waals surface area contributed by atoms with Gasteiger partial charge < -0.3 is 10.6 Å². The minimum Gasteiger partial charge on any atom is -0.369 e. The average Bonchev–Trinajstić information content (AvgIpc) is 3.13. The quantitative estimate of drug-likeness (QED) is 0.774. The van der Waals surface area contributed by atoms with Gasteiger partial charge in [0.25, 0.3) is 0 Å². The lowest BCUT2D eigenvalue weighted by molar-refractivity contribution is -0.130. The lowest BCUT2D eigenvalue weighted by Crippen LogP contribution is -2.51. The van der Waals surface area contributed by atoms with Gasteiger partial charge in [0.2, 0.25) is 11.8 Å². The van der Waals surface area contributed by atoms with E-state index in [0.29, 0.717) is 24.2 Å². The zero-order valence-corrected chi connectivity index (χ0v) is 18.7. The van der Waals surface area contributed by atoms with Crippen molar-refractivity contribution in [2.45, 2.75) is 51.6 Å². The van der Waals surface area contributed by atoms with Gasteiger partial charge in [-0.2, -0.15) is 0 Å². The summed E-state index contributed by atoms with van der Waals surface area (Å²) in [6, 6.07) is 14.3. The highest BCUT2D eigenvalue weighted by Crippen LogP contribution is 2.34. The number of rotatable bonds is 5. The number of hydrogen-bond acceptors (Lipinski definition) is 4. The van der Waals surface area contributed by atoms with E-state index in [-0.39, 0.29) is 42.6 Å². The van der Waals surface area contributed by atoms with Gasteiger partial charge in [0.05, 0.1) is 18.5 Å². The van der Waals surface area contributed by atoms with Crippen LogP contribution in [0.2, 0.25) is 0 Å². The van der Waals surface area contributed by atoms with E-state index in [1.807, 2.05) is 51.1 Å². The Hall–Kier alpha value is -3.22. The molecular formula is C25H29FN4O2. The van der Waals surface area contributed by atoms with Crippen LogP contribution in [0.1, 0.15) is 50.7 Å². The van der Waals surface area contributed by atoms with Crippen molar-refractivity contribution in [1.29, 1.82) is 0 Å². The fraction of sp³-hybridized carbons (Fsp3) is 0.400. The molecule has 2 aromatic rings. The van der Waals surface area contributed by atoms with Crippen LogP contribution in [-0.4, -0.2) is 34.8 Å². The van der Waals surface area contributed by atoms with Gasteiger partial charge in [0, 0.05) is 24.6 Å². The lowest BCUT2D eigenvalue weighted by atomic mass is 9.84. The third kappa shape index (κ3) is 4.24. The first kappa shape index (κ1) is 22.0. The van der Waals surface area contributed by atoms with Crippen molar-refractivity contribution < 1.29 is 14.0 Å². The Morgan fingerprint density at radius 3 is 2.53 bits per heavy atom. The minimum absolute atomic E-state index is 0.0433. The van der Waals surface area contributed by atoms with Crippen molar-refractivity contribution in [1.82, 2.24) is 4.90 Å². The van der Waals surface area contributed by atoms with Crippen molar-refractivity contribution in [3.8, 4) is 0 Å². The molecule has 2 aliphatic heterocycles. The zero-order valence-electron chi connectivity index (χ0n) is 18.7. The summed E-state index contributed by atoms with van der Waals surface area (Å²) in [5.41, 5.74) is 7.74. The fourth-order valence-electron chi connectivity index (χ4n) is 4.36. The average molecular weight is 437 g/mol. The molecular weight excluding hydrogens is 407 g/mol. The maximum Gasteiger partial charge on any atom is 0.232 e. The molecule has 0 unspecified atom stereocenters. The maximum absolute atomic E-state index is 14.5. The van der Waals surface area contributed by atoms with Gasteiger partial charge in [-0.15, -0.1) is 0 Å². The van der Waals surface area contributed by atoms with Gasteiger partial charge in [-0.05, 0) is 42.2 Å². The van der Waals surface area contributed by atoms with E-state index < -0.39 is 11.4 Å². The Morgan fingerprint density at radius 1 is 1.16 bits per heavy atom. The van der Waals surface area contributed by atoms with Gasteiger partial charge in [0.1, 0.15) is 5.82 Å². The number of carbonyl (C=O) groups is 2. The lowest BCUT2D eigenvalue weighted by Gasteiger charge is -2.37. The predicted molar refractivity (Wildman–Crippen MR) is 123 cm³/mol. The fourth-order valence-corrected chi connectivity index (χ4v) is 4.36. The van der Waals surface area contributed by atoms with Crippen molar-refractivity contribution in [2.24, 2.45) is 16.6 Å². The molecule has 2 heterocycles. The molecule has 2 aromatic carbocycles. The Labute approximate surface area is 187 Å². The Morgan fingerprint density at radius 2 is 1.88 bits per heavy atom. The number of aliphatic imine (C=N–C) groups is 1. The Bertz CT molecular complexity index is 1070. The summed E-state index contributed by atoms with van der Waals surface area (Å²) in [6.45, 7) is 6.53. The first-order valence-corrected chi connectivity index (χ1v) is 11.0. The number of guanidine groups is 1. The van der Waals surface area contributed by atoms with E-state index in [1.54, 1.807) is 11.0 Å². The van der Waals surface area contributed by atoms with Crippen LogP contribution in [0, 0.1) is 11.7 Å². The van der Waals surface area contributed by atoms with Gasteiger partial charge >= 0.3 is 0 Å². The summed E-state index contributed by atoms with van der Waals surface area (Å²) >= 11 is 0. The summed E-state index contributed by atoms with van der Waals surface area (Å²) in [5.74, 6) is -0.272. The smallest absolute Gasteiger partial charge is 0.232 e. The van der Waals surface area contributed by atoms with Crippen LogP contribution in [-0.2, 0) is 16.1 Å². The molecule has 1 saturated heterocycles. The highest BCUT2D eigenvalue weighted by Gasteiger charge is 2.38. The van der Waals surface area contributed by atoms with Crippen molar-refractivity contribution in [2.75, 3.05) is 11.4 Å². The number of halogens is 1. The second-order valence-corrected chi connectivity index (χ2v) is 9.27. The molecule has 0 spiro atoms. The predicted octanol–water partition coefficient (Wildman–Crippen LogP) is 3.81. The number of nitrogens with two attached hydrogens (primary N) is 1. The van der Waals surface area contributed by atoms with Crippen LogP contribution in [0.5, 0.6) is 0 Å². The van der Waals surface area contributed by atoms with Crippen LogP contribution in [0.4, 0.5) is 10.1 Å². The van der Waals surface area contributed by atoms with Gasteiger partial charge in [0.15, 0.2) is 5.96 Å². The van der Waals surface area contributed by atoms with E-state index >= 15 is 0 Å². The third-order valence-corrected chi connectivity index (χ3v) is 6.69. The molecule has 168 valence electrons. The van der Waals surface area contributed by atoms with Crippen LogP contribution in [0.25, 0.3) is 0 Å². The molecule has 4 rings (SSSR count). The van der Waals surface area contributed by atoms with E-state index in [9.17, 15) is 14.0 Å². The summed E-state index contributed by atoms with van der Waals surface area (Å²) < 4.78 is 14.5. The van der Waals surface area contributed by atoms with Crippen LogP contribution in [0.15, 0.2) is 53.5 Å². The summed E-state index contributed by atoms with van der Waals surface area (Å²) in [4.78, 5) is 33.1. The van der Waals surface area contributed by atoms with Crippen LogP contribution >= 0.6 is 0 Å². The first-order valence-electron chi connectivity index (χ1n) is 11.0. The molecule has 6 nitrogen and oxygen atoms in total. The van der Waals surface area contributed by atoms with E-state index in [0.717, 1.165) is 5.56 Å². The largest absolute Gasteiger partial charge is 0.369 e. The molecule has 2 atom stereocenters. The van der Waals surface area contributed by atoms with Crippen LogP contribution in [0.3, 0.4) is 0 Å². The van der Waals surface area contributed by atoms with Crippen molar-refractivity contribution in [3.63, 3.8) is 0 Å². The zero-order chi connectivity index (χ0) is 23.0. The third-order valence-electron chi connectivity index (χ3n) is 6.69. The second-order valence-electron chi connectivity index (χ2n) is 9.27. The summed E-state index contributed by atoms with van der Waals surface area (Å²) in [7, 11) is 0. The normalized spacial score (nSPS) is 23.8. The molecule has 0 saturated carbocycles. The summed E-state index contributed by atoms with van der Waals surface area (Å²) in [6.07, 6.45) is 0.630. The molecule has 2 aliphatic rings. The minimum atomic E-state index is -0.542. The summed E-state index contributed by atoms with van der Waals surface area (Å²) in [5, 5.41) is 0. The van der Waals surface area contributed by atoms with Crippen LogP contribution < -0.4 is 10.6 Å². The number of hydrogen-bond donors (Lipinski definition) is 1. The molecule has 7 heteroatoms. The SMILES string of the molecule is CC(C)[C@]1(C)CC(=O)N(Cc2cc(F)cc(N3C[C@@H](c4ccccc4)CC3=O)c2)C(N)=N1. The molecule has 0 aliphatic carbocycles. The topological polar surface area (TPSA) is 79.0 Å². The number of amides is 2. The molecule has 0 aromatic heterocycles. The number of carbonyl (C=O) groups excluding carboxylic acids is 2. The second kappa shape index (κ2) is 8.37. The maximum atomic E-state index is 14.5. The highest BCUT2D eigenvalue weighted by atomic mass is 19.1. The molecule has 2 amide bonds. The molecule has 32 heavy (non-hydrogen) atoms. The van der Waals surface area contributed by atoms with Crippen molar-refractivity contribution >= 4 is 23.5 Å². The van der Waals surface area contributed by atoms with E-state index in [2.05, 4.69) is 4.99 Å². The van der Waals surface area contributed by atoms with E-state index in [4.69, 9.17) is 5.73 Å². The Kier molecular flexibility index (Phi) is 5.75. The monoisotopic (exact) mass is 436 g/mol. The Balaban J connectivity index is 1.56. The molecule has 0 radical (unpaired) electrons. The standard InChI is InChI=1S/C25H29FN4O2/c1-16(2)25(3)13-23(32)30(24(27)28-25)14-17-9-20(26)12-21(10-17)29-15-19(11-22(29)31)18-7-5-4-6-8-18/h4-10,12,16,19H,11,13-15H2,1-3H3,(H2,27,28)/t19-,25-/m0/s1. The first-order chi connectivity index (χ1) is 15.2. The number of nitrogens with zero attached hydrogens (tertiary/aromatic N) is 3. The van der Waals surface area contributed by atoms with Gasteiger partial charge in [-0.25, -0.2) is 9.38 Å². The van der Waals surface area contributed by atoms with Gasteiger partial charge in [-0.1, -0.05) is 44.2 Å². The number of anilines is 1. The van der Waals surface area contributed by atoms with Gasteiger partial charge in [-0.3, -0.25) is 14.5 Å².